The molecule has 0 amide bonds. The lowest BCUT2D eigenvalue weighted by Gasteiger charge is -2.12. The smallest absolute Gasteiger partial charge is 0.274 e. The fourth-order valence-electron chi connectivity index (χ4n) is 3.01. The van der Waals surface area contributed by atoms with Gasteiger partial charge in [0, 0.05) is 10.9 Å². The third kappa shape index (κ3) is 3.49. The average molecular weight is 378 g/mol. The third-order valence-electron chi connectivity index (χ3n) is 4.38. The topological polar surface area (TPSA) is 44.1 Å². The molecule has 0 aliphatic heterocycles. The van der Waals surface area contributed by atoms with Crippen LogP contribution in [0.5, 0.6) is 5.75 Å². The molecule has 140 valence electrons. The van der Waals surface area contributed by atoms with Crippen LogP contribution in [0.2, 0.25) is 0 Å². The van der Waals surface area contributed by atoms with Crippen LogP contribution in [-0.2, 0) is 6.54 Å². The number of para-hydroxylation sites is 1. The summed E-state index contributed by atoms with van der Waals surface area (Å²) >= 11 is 0. The molecule has 0 N–H and O–H groups in total. The van der Waals surface area contributed by atoms with Gasteiger partial charge in [-0.25, -0.2) is 13.5 Å². The molecule has 0 saturated heterocycles. The second-order valence-corrected chi connectivity index (χ2v) is 6.21. The molecule has 4 rings (SSSR count). The van der Waals surface area contributed by atoms with Crippen molar-refractivity contribution in [2.24, 2.45) is 0 Å². The van der Waals surface area contributed by atoms with Crippen LogP contribution in [0.3, 0.4) is 0 Å². The molecule has 0 bridgehead atoms. The van der Waals surface area contributed by atoms with E-state index >= 15 is 0 Å². The van der Waals surface area contributed by atoms with Crippen molar-refractivity contribution < 1.29 is 13.5 Å². The summed E-state index contributed by atoms with van der Waals surface area (Å²) in [5.74, 6) is -1.21. The number of halogens is 2. The lowest BCUT2D eigenvalue weighted by Crippen LogP contribution is -2.26. The summed E-state index contributed by atoms with van der Waals surface area (Å²) in [7, 11) is 0. The Morgan fingerprint density at radius 2 is 1.57 bits per heavy atom. The first-order valence-corrected chi connectivity index (χ1v) is 8.76. The van der Waals surface area contributed by atoms with E-state index in [1.54, 1.807) is 24.3 Å². The minimum atomic E-state index is -0.964. The Morgan fingerprint density at radius 3 is 2.32 bits per heavy atom. The van der Waals surface area contributed by atoms with Gasteiger partial charge in [-0.1, -0.05) is 36.4 Å². The number of benzene rings is 3. The molecule has 0 atom stereocenters. The Bertz CT molecular complexity index is 1190. The van der Waals surface area contributed by atoms with Crippen molar-refractivity contribution in [2.45, 2.75) is 6.54 Å². The van der Waals surface area contributed by atoms with Gasteiger partial charge >= 0.3 is 0 Å². The third-order valence-corrected chi connectivity index (χ3v) is 4.38. The highest BCUT2D eigenvalue weighted by atomic mass is 19.2. The molecule has 0 aliphatic rings. The van der Waals surface area contributed by atoms with Gasteiger partial charge in [-0.3, -0.25) is 4.79 Å². The first-order valence-electron chi connectivity index (χ1n) is 8.76. The van der Waals surface area contributed by atoms with Crippen molar-refractivity contribution in [3.05, 3.63) is 94.8 Å². The molecule has 0 fully saturated rings. The number of hydrogen-bond donors (Lipinski definition) is 0. The molecule has 28 heavy (non-hydrogen) atoms. The van der Waals surface area contributed by atoms with Gasteiger partial charge in [0.25, 0.3) is 5.56 Å². The number of rotatable bonds is 5. The van der Waals surface area contributed by atoms with E-state index in [9.17, 15) is 13.6 Å². The highest BCUT2D eigenvalue weighted by Crippen LogP contribution is 2.26. The van der Waals surface area contributed by atoms with E-state index in [2.05, 4.69) is 5.10 Å². The predicted molar refractivity (Wildman–Crippen MR) is 103 cm³/mol. The normalized spacial score (nSPS) is 10.9. The molecular weight excluding hydrogens is 362 g/mol. The van der Waals surface area contributed by atoms with Crippen LogP contribution in [0.25, 0.3) is 22.0 Å². The zero-order valence-corrected chi connectivity index (χ0v) is 14.8. The van der Waals surface area contributed by atoms with Gasteiger partial charge in [0.15, 0.2) is 11.6 Å². The quantitative estimate of drug-likeness (QED) is 0.516. The van der Waals surface area contributed by atoms with Gasteiger partial charge in [-0.05, 0) is 36.4 Å². The highest BCUT2D eigenvalue weighted by molar-refractivity contribution is 5.93. The summed E-state index contributed by atoms with van der Waals surface area (Å²) in [6.07, 6.45) is 0. The minimum Gasteiger partial charge on any atom is -0.492 e. The lowest BCUT2D eigenvalue weighted by atomic mass is 10.0. The van der Waals surface area contributed by atoms with Crippen LogP contribution in [0, 0.1) is 11.6 Å². The van der Waals surface area contributed by atoms with Gasteiger partial charge in [0.05, 0.1) is 17.6 Å². The zero-order valence-electron chi connectivity index (χ0n) is 14.8. The average Bonchev–Trinajstić information content (AvgIpc) is 2.73. The van der Waals surface area contributed by atoms with E-state index in [-0.39, 0.29) is 18.7 Å². The van der Waals surface area contributed by atoms with E-state index < -0.39 is 11.6 Å². The fourth-order valence-corrected chi connectivity index (χ4v) is 3.01. The van der Waals surface area contributed by atoms with Crippen LogP contribution in [0.4, 0.5) is 8.78 Å². The Kier molecular flexibility index (Phi) is 4.85. The van der Waals surface area contributed by atoms with Crippen molar-refractivity contribution in [1.29, 1.82) is 0 Å². The minimum absolute atomic E-state index is 0.217. The molecule has 0 radical (unpaired) electrons. The molecule has 1 heterocycles. The van der Waals surface area contributed by atoms with Crippen LogP contribution in [0.15, 0.2) is 77.6 Å². The van der Waals surface area contributed by atoms with Crippen molar-refractivity contribution in [3.63, 3.8) is 0 Å². The van der Waals surface area contributed by atoms with E-state index in [1.807, 2.05) is 30.3 Å². The van der Waals surface area contributed by atoms with Gasteiger partial charge in [0.2, 0.25) is 0 Å². The maximum absolute atomic E-state index is 13.7. The molecule has 4 aromatic rings. The summed E-state index contributed by atoms with van der Waals surface area (Å²) in [6.45, 7) is 0.460. The largest absolute Gasteiger partial charge is 0.492 e. The molecule has 4 nitrogen and oxygen atoms in total. The van der Waals surface area contributed by atoms with Crippen LogP contribution in [-0.4, -0.2) is 16.4 Å². The first-order chi connectivity index (χ1) is 13.6. The maximum Gasteiger partial charge on any atom is 0.274 e. The van der Waals surface area contributed by atoms with Crippen LogP contribution in [0.1, 0.15) is 0 Å². The van der Waals surface area contributed by atoms with Gasteiger partial charge in [-0.2, -0.15) is 5.10 Å². The fraction of sp³-hybridized carbons (Fsp3) is 0.0909. The van der Waals surface area contributed by atoms with Crippen molar-refractivity contribution >= 4 is 10.8 Å². The SMILES string of the molecule is O=c1c2ccccc2c(-c2ccc(F)c(F)c2)nn1CCOc1ccccc1. The standard InChI is InChI=1S/C22H16F2N2O2/c23-19-11-10-15(14-20(19)24)21-17-8-4-5-9-18(17)22(27)26(25-21)12-13-28-16-6-2-1-3-7-16/h1-11,14H,12-13H2. The highest BCUT2D eigenvalue weighted by Gasteiger charge is 2.14. The van der Waals surface area contributed by atoms with Crippen LogP contribution < -0.4 is 10.3 Å². The van der Waals surface area contributed by atoms with Gasteiger partial charge in [-0.15, -0.1) is 0 Å². The molecule has 0 unspecified atom stereocenters. The second-order valence-electron chi connectivity index (χ2n) is 6.21. The van der Waals surface area contributed by atoms with Crippen LogP contribution >= 0.6 is 0 Å². The van der Waals surface area contributed by atoms with E-state index in [0.717, 1.165) is 12.1 Å². The number of fused-ring (bicyclic) bond motifs is 1. The number of hydrogen-bond acceptors (Lipinski definition) is 3. The predicted octanol–water partition coefficient (Wildman–Crippen LogP) is 4.42. The lowest BCUT2D eigenvalue weighted by molar-refractivity contribution is 0.288. The molecule has 1 aromatic heterocycles. The van der Waals surface area contributed by atoms with Crippen molar-refractivity contribution in [2.75, 3.05) is 6.61 Å². The maximum atomic E-state index is 13.7. The Morgan fingerprint density at radius 1 is 0.857 bits per heavy atom. The van der Waals surface area contributed by atoms with E-state index in [1.165, 1.54) is 10.7 Å². The molecule has 6 heteroatoms. The van der Waals surface area contributed by atoms with Crippen molar-refractivity contribution in [1.82, 2.24) is 9.78 Å². The Hall–Kier alpha value is -3.54. The van der Waals surface area contributed by atoms with E-state index in [4.69, 9.17) is 4.74 Å². The molecular formula is C22H16F2N2O2. The molecule has 0 spiro atoms. The first kappa shape index (κ1) is 17.9. The van der Waals surface area contributed by atoms with Gasteiger partial charge < -0.3 is 4.74 Å². The van der Waals surface area contributed by atoms with E-state index in [0.29, 0.717) is 27.8 Å². The number of nitrogens with zero attached hydrogens (tertiary/aromatic N) is 2. The van der Waals surface area contributed by atoms with Gasteiger partial charge in [0.1, 0.15) is 12.4 Å². The summed E-state index contributed by atoms with van der Waals surface area (Å²) in [5, 5.41) is 5.45. The molecule has 0 saturated carbocycles. The second kappa shape index (κ2) is 7.60. The van der Waals surface area contributed by atoms with Crippen molar-refractivity contribution in [3.8, 4) is 17.0 Å². The monoisotopic (exact) mass is 378 g/mol. The Labute approximate surface area is 159 Å². The number of ether oxygens (including phenoxy) is 1. The zero-order chi connectivity index (χ0) is 19.5. The molecule has 3 aromatic carbocycles. The summed E-state index contributed by atoms with van der Waals surface area (Å²) in [4.78, 5) is 12.8. The summed E-state index contributed by atoms with van der Waals surface area (Å²) in [5.41, 5.74) is 0.542. The summed E-state index contributed by atoms with van der Waals surface area (Å²) < 4.78 is 34.0. The summed E-state index contributed by atoms with van der Waals surface area (Å²) in [6, 6.07) is 19.8. The number of aromatic nitrogens is 2. The molecule has 0 aliphatic carbocycles. The Balaban J connectivity index is 1.73.